The SMILES string of the molecule is CC(C)(CNC(=O)C(O)CN)C1CCCC1. The van der Waals surface area contributed by atoms with Gasteiger partial charge in [-0.15, -0.1) is 0 Å². The molecule has 1 unspecified atom stereocenters. The summed E-state index contributed by atoms with van der Waals surface area (Å²) in [4.78, 5) is 11.4. The molecule has 0 spiro atoms. The van der Waals surface area contributed by atoms with Crippen LogP contribution in [0.5, 0.6) is 0 Å². The van der Waals surface area contributed by atoms with Crippen LogP contribution >= 0.6 is 0 Å². The van der Waals surface area contributed by atoms with Crippen molar-refractivity contribution >= 4 is 5.91 Å². The van der Waals surface area contributed by atoms with Crippen LogP contribution in [-0.4, -0.2) is 30.2 Å². The Hall–Kier alpha value is -0.610. The number of hydrogen-bond donors (Lipinski definition) is 3. The number of hydrogen-bond acceptors (Lipinski definition) is 3. The van der Waals surface area contributed by atoms with Crippen LogP contribution in [0.1, 0.15) is 39.5 Å². The average Bonchev–Trinajstić information content (AvgIpc) is 2.78. The molecule has 4 heteroatoms. The van der Waals surface area contributed by atoms with Crippen molar-refractivity contribution in [3.05, 3.63) is 0 Å². The summed E-state index contributed by atoms with van der Waals surface area (Å²) in [6.07, 6.45) is 4.03. The molecule has 0 heterocycles. The molecule has 0 bridgehead atoms. The Bertz CT molecular complexity index is 235. The van der Waals surface area contributed by atoms with Gasteiger partial charge in [0.15, 0.2) is 0 Å². The Kier molecular flexibility index (Phi) is 4.74. The summed E-state index contributed by atoms with van der Waals surface area (Å²) in [7, 11) is 0. The van der Waals surface area contributed by atoms with Crippen molar-refractivity contribution in [2.45, 2.75) is 45.6 Å². The zero-order valence-corrected chi connectivity index (χ0v) is 10.3. The number of nitrogens with one attached hydrogen (secondary N) is 1. The first-order chi connectivity index (χ1) is 7.47. The zero-order valence-electron chi connectivity index (χ0n) is 10.3. The lowest BCUT2D eigenvalue weighted by Crippen LogP contribution is -2.44. The van der Waals surface area contributed by atoms with Crippen LogP contribution in [0.25, 0.3) is 0 Å². The van der Waals surface area contributed by atoms with E-state index in [-0.39, 0.29) is 17.9 Å². The van der Waals surface area contributed by atoms with E-state index in [1.807, 2.05) is 0 Å². The van der Waals surface area contributed by atoms with Crippen LogP contribution in [0, 0.1) is 11.3 Å². The molecule has 1 rings (SSSR count). The molecule has 0 saturated heterocycles. The molecule has 1 aliphatic carbocycles. The minimum Gasteiger partial charge on any atom is -0.382 e. The van der Waals surface area contributed by atoms with E-state index in [1.54, 1.807) is 0 Å². The smallest absolute Gasteiger partial charge is 0.250 e. The molecule has 0 aromatic carbocycles. The number of aliphatic hydroxyl groups is 1. The summed E-state index contributed by atoms with van der Waals surface area (Å²) < 4.78 is 0. The van der Waals surface area contributed by atoms with Crippen LogP contribution in [0.15, 0.2) is 0 Å². The Balaban J connectivity index is 2.37. The number of rotatable bonds is 5. The van der Waals surface area contributed by atoms with Crippen LogP contribution in [-0.2, 0) is 4.79 Å². The van der Waals surface area contributed by atoms with Crippen LogP contribution in [0.4, 0.5) is 0 Å². The van der Waals surface area contributed by atoms with Crippen molar-refractivity contribution < 1.29 is 9.90 Å². The first-order valence-corrected chi connectivity index (χ1v) is 6.13. The molecule has 0 aromatic rings. The van der Waals surface area contributed by atoms with E-state index in [0.717, 1.165) is 0 Å². The first-order valence-electron chi connectivity index (χ1n) is 6.13. The maximum Gasteiger partial charge on any atom is 0.250 e. The quantitative estimate of drug-likeness (QED) is 0.646. The van der Waals surface area contributed by atoms with Gasteiger partial charge in [0, 0.05) is 13.1 Å². The van der Waals surface area contributed by atoms with Gasteiger partial charge in [-0.1, -0.05) is 26.7 Å². The molecule has 1 fully saturated rings. The van der Waals surface area contributed by atoms with E-state index in [9.17, 15) is 9.90 Å². The first kappa shape index (κ1) is 13.5. The molecule has 1 saturated carbocycles. The van der Waals surface area contributed by atoms with Gasteiger partial charge in [0.05, 0.1) is 0 Å². The predicted molar refractivity (Wildman–Crippen MR) is 63.8 cm³/mol. The number of nitrogens with two attached hydrogens (primary N) is 1. The molecule has 0 radical (unpaired) electrons. The fourth-order valence-electron chi connectivity index (χ4n) is 2.39. The third-order valence-electron chi connectivity index (χ3n) is 3.70. The Morgan fingerprint density at radius 1 is 1.50 bits per heavy atom. The summed E-state index contributed by atoms with van der Waals surface area (Å²) in [5, 5.41) is 12.0. The van der Waals surface area contributed by atoms with Gasteiger partial charge in [-0.05, 0) is 24.2 Å². The zero-order chi connectivity index (χ0) is 12.2. The van der Waals surface area contributed by atoms with Crippen LogP contribution < -0.4 is 11.1 Å². The molecule has 4 N–H and O–H groups in total. The van der Waals surface area contributed by atoms with Gasteiger partial charge in [-0.25, -0.2) is 0 Å². The minimum absolute atomic E-state index is 0.0182. The standard InChI is InChI=1S/C12H24N2O2/c1-12(2,9-5-3-4-6-9)8-14-11(16)10(15)7-13/h9-10,15H,3-8,13H2,1-2H3,(H,14,16). The van der Waals surface area contributed by atoms with Crippen molar-refractivity contribution in [1.82, 2.24) is 5.32 Å². The second-order valence-electron chi connectivity index (χ2n) is 5.44. The highest BCUT2D eigenvalue weighted by Crippen LogP contribution is 2.38. The maximum atomic E-state index is 11.4. The lowest BCUT2D eigenvalue weighted by atomic mass is 9.77. The van der Waals surface area contributed by atoms with E-state index in [1.165, 1.54) is 25.7 Å². The van der Waals surface area contributed by atoms with Gasteiger partial charge in [0.1, 0.15) is 6.10 Å². The van der Waals surface area contributed by atoms with Crippen LogP contribution in [0.3, 0.4) is 0 Å². The fourth-order valence-corrected chi connectivity index (χ4v) is 2.39. The van der Waals surface area contributed by atoms with Gasteiger partial charge in [-0.3, -0.25) is 4.79 Å². The van der Waals surface area contributed by atoms with Crippen molar-refractivity contribution in [2.75, 3.05) is 13.1 Å². The molecular weight excluding hydrogens is 204 g/mol. The Morgan fingerprint density at radius 3 is 2.56 bits per heavy atom. The van der Waals surface area contributed by atoms with Crippen molar-refractivity contribution in [3.63, 3.8) is 0 Å². The molecule has 1 amide bonds. The van der Waals surface area contributed by atoms with E-state index >= 15 is 0 Å². The average molecular weight is 228 g/mol. The molecule has 94 valence electrons. The lowest BCUT2D eigenvalue weighted by Gasteiger charge is -2.32. The number of amides is 1. The minimum atomic E-state index is -1.07. The molecular formula is C12H24N2O2. The predicted octanol–water partition coefficient (Wildman–Crippen LogP) is 0.639. The van der Waals surface area contributed by atoms with Gasteiger partial charge in [-0.2, -0.15) is 0 Å². The monoisotopic (exact) mass is 228 g/mol. The summed E-state index contributed by atoms with van der Waals surface area (Å²) in [6.45, 7) is 4.96. The highest BCUT2D eigenvalue weighted by molar-refractivity contribution is 5.80. The van der Waals surface area contributed by atoms with Gasteiger partial charge >= 0.3 is 0 Å². The fraction of sp³-hybridized carbons (Fsp3) is 0.917. The largest absolute Gasteiger partial charge is 0.382 e. The van der Waals surface area contributed by atoms with Crippen molar-refractivity contribution in [1.29, 1.82) is 0 Å². The van der Waals surface area contributed by atoms with E-state index in [2.05, 4.69) is 19.2 Å². The molecule has 4 nitrogen and oxygen atoms in total. The maximum absolute atomic E-state index is 11.4. The highest BCUT2D eigenvalue weighted by atomic mass is 16.3. The van der Waals surface area contributed by atoms with Gasteiger partial charge < -0.3 is 16.2 Å². The molecule has 16 heavy (non-hydrogen) atoms. The summed E-state index contributed by atoms with van der Waals surface area (Å²) in [5.41, 5.74) is 5.34. The summed E-state index contributed by atoms with van der Waals surface area (Å²) >= 11 is 0. The van der Waals surface area contributed by atoms with Crippen molar-refractivity contribution in [2.24, 2.45) is 17.1 Å². The summed E-state index contributed by atoms with van der Waals surface area (Å²) in [5.74, 6) is 0.330. The van der Waals surface area contributed by atoms with Crippen LogP contribution in [0.2, 0.25) is 0 Å². The lowest BCUT2D eigenvalue weighted by molar-refractivity contribution is -0.129. The Labute approximate surface area is 97.6 Å². The van der Waals surface area contributed by atoms with E-state index < -0.39 is 6.10 Å². The molecule has 0 aromatic heterocycles. The Morgan fingerprint density at radius 2 is 2.06 bits per heavy atom. The van der Waals surface area contributed by atoms with Gasteiger partial charge in [0.25, 0.3) is 0 Å². The normalized spacial score (nSPS) is 19.8. The number of aliphatic hydroxyl groups excluding tert-OH is 1. The van der Waals surface area contributed by atoms with Crippen molar-refractivity contribution in [3.8, 4) is 0 Å². The topological polar surface area (TPSA) is 75.3 Å². The third kappa shape index (κ3) is 3.46. The highest BCUT2D eigenvalue weighted by Gasteiger charge is 2.32. The van der Waals surface area contributed by atoms with Gasteiger partial charge in [0.2, 0.25) is 5.91 Å². The third-order valence-corrected chi connectivity index (χ3v) is 3.70. The second-order valence-corrected chi connectivity index (χ2v) is 5.44. The number of carbonyl (C=O) groups is 1. The number of carbonyl (C=O) groups excluding carboxylic acids is 1. The van der Waals surface area contributed by atoms with E-state index in [4.69, 9.17) is 5.73 Å². The molecule has 1 atom stereocenters. The molecule has 1 aliphatic rings. The molecule has 0 aliphatic heterocycles. The second kappa shape index (κ2) is 5.64. The van der Waals surface area contributed by atoms with E-state index in [0.29, 0.717) is 12.5 Å². The summed E-state index contributed by atoms with van der Waals surface area (Å²) in [6, 6.07) is 0.